The number of rotatable bonds is 3. The Balaban J connectivity index is 2.98. The molecule has 0 radical (unpaired) electrons. The van der Waals surface area contributed by atoms with E-state index in [1.807, 2.05) is 0 Å². The minimum Gasteiger partial charge on any atom is -0.481 e. The van der Waals surface area contributed by atoms with E-state index in [0.717, 1.165) is 0 Å². The Labute approximate surface area is 108 Å². The topological polar surface area (TPSA) is 72.8 Å². The van der Waals surface area contributed by atoms with E-state index < -0.39 is 18.5 Å². The molecule has 0 spiro atoms. The minimum absolute atomic E-state index is 0.196. The highest BCUT2D eigenvalue weighted by atomic mass is 35.5. The summed E-state index contributed by atoms with van der Waals surface area (Å²) in [5.41, 5.74) is 0.353. The van der Waals surface area contributed by atoms with Crippen LogP contribution >= 0.6 is 11.6 Å². The van der Waals surface area contributed by atoms with Crippen LogP contribution in [0.5, 0.6) is 5.75 Å². The molecule has 1 rings (SSSR count). The summed E-state index contributed by atoms with van der Waals surface area (Å²) in [6.45, 7) is -0.521. The standard InChI is InChI=1S/C12H9ClO5/c1-17-12(16)5-3-8-2-4-9(13)6-10(8)18-7-11(14)15/h2,4,6H,7H2,1H3,(H,14,15). The van der Waals surface area contributed by atoms with Gasteiger partial charge in [-0.05, 0) is 12.1 Å². The van der Waals surface area contributed by atoms with Gasteiger partial charge in [0.2, 0.25) is 0 Å². The lowest BCUT2D eigenvalue weighted by atomic mass is 10.2. The second-order valence-corrected chi connectivity index (χ2v) is 3.50. The number of methoxy groups -OCH3 is 1. The first kappa shape index (κ1) is 13.9. The van der Waals surface area contributed by atoms with Gasteiger partial charge >= 0.3 is 11.9 Å². The summed E-state index contributed by atoms with van der Waals surface area (Å²) < 4.78 is 9.37. The molecule has 0 heterocycles. The summed E-state index contributed by atoms with van der Waals surface area (Å²) in [4.78, 5) is 21.3. The van der Waals surface area contributed by atoms with E-state index in [4.69, 9.17) is 21.4 Å². The van der Waals surface area contributed by atoms with Crippen LogP contribution in [0, 0.1) is 11.8 Å². The molecule has 1 aromatic carbocycles. The molecule has 1 aromatic rings. The molecule has 0 aromatic heterocycles. The van der Waals surface area contributed by atoms with Crippen molar-refractivity contribution in [3.63, 3.8) is 0 Å². The molecule has 0 fully saturated rings. The smallest absolute Gasteiger partial charge is 0.384 e. The highest BCUT2D eigenvalue weighted by molar-refractivity contribution is 6.30. The zero-order valence-electron chi connectivity index (χ0n) is 9.40. The van der Waals surface area contributed by atoms with Crippen molar-refractivity contribution in [2.75, 3.05) is 13.7 Å². The summed E-state index contributed by atoms with van der Waals surface area (Å²) >= 11 is 5.75. The predicted octanol–water partition coefficient (Wildman–Crippen LogP) is 1.33. The molecule has 6 heteroatoms. The fourth-order valence-electron chi connectivity index (χ4n) is 1.03. The van der Waals surface area contributed by atoms with E-state index in [1.54, 1.807) is 6.07 Å². The van der Waals surface area contributed by atoms with Crippen molar-refractivity contribution in [2.45, 2.75) is 0 Å². The van der Waals surface area contributed by atoms with Crippen molar-refractivity contribution in [1.82, 2.24) is 0 Å². The van der Waals surface area contributed by atoms with Crippen molar-refractivity contribution >= 4 is 23.5 Å². The van der Waals surface area contributed by atoms with E-state index in [-0.39, 0.29) is 5.75 Å². The SMILES string of the molecule is COC(=O)C#Cc1ccc(Cl)cc1OCC(=O)O. The molecule has 5 nitrogen and oxygen atoms in total. The third-order valence-corrected chi connectivity index (χ3v) is 2.01. The summed E-state index contributed by atoms with van der Waals surface area (Å²) in [6, 6.07) is 4.50. The van der Waals surface area contributed by atoms with Crippen LogP contribution in [-0.2, 0) is 14.3 Å². The van der Waals surface area contributed by atoms with Gasteiger partial charge in [-0.15, -0.1) is 0 Å². The second-order valence-electron chi connectivity index (χ2n) is 3.06. The van der Waals surface area contributed by atoms with Crippen LogP contribution in [0.1, 0.15) is 5.56 Å². The quantitative estimate of drug-likeness (QED) is 0.661. The third-order valence-electron chi connectivity index (χ3n) is 1.78. The largest absolute Gasteiger partial charge is 0.481 e. The molecule has 0 amide bonds. The van der Waals surface area contributed by atoms with Crippen molar-refractivity contribution in [3.8, 4) is 17.6 Å². The number of ether oxygens (including phenoxy) is 2. The maximum Gasteiger partial charge on any atom is 0.384 e. The molecule has 1 N–H and O–H groups in total. The van der Waals surface area contributed by atoms with Gasteiger partial charge in [0, 0.05) is 17.0 Å². The molecule has 0 unspecified atom stereocenters. The van der Waals surface area contributed by atoms with Crippen LogP contribution in [0.4, 0.5) is 0 Å². The molecule has 94 valence electrons. The minimum atomic E-state index is -1.12. The van der Waals surface area contributed by atoms with Gasteiger partial charge in [0.05, 0.1) is 12.7 Å². The Bertz CT molecular complexity index is 527. The Morgan fingerprint density at radius 3 is 2.78 bits per heavy atom. The van der Waals surface area contributed by atoms with Gasteiger partial charge in [-0.3, -0.25) is 0 Å². The number of aliphatic carboxylic acids is 1. The first-order valence-corrected chi connectivity index (χ1v) is 5.15. The number of esters is 1. The maximum absolute atomic E-state index is 10.9. The van der Waals surface area contributed by atoms with Gasteiger partial charge in [0.15, 0.2) is 6.61 Å². The Kier molecular flexibility index (Phi) is 5.03. The van der Waals surface area contributed by atoms with Gasteiger partial charge < -0.3 is 14.6 Å². The van der Waals surface area contributed by atoms with E-state index in [9.17, 15) is 9.59 Å². The van der Waals surface area contributed by atoms with Crippen molar-refractivity contribution in [2.24, 2.45) is 0 Å². The third kappa shape index (κ3) is 4.36. The maximum atomic E-state index is 10.9. The summed E-state index contributed by atoms with van der Waals surface area (Å²) in [7, 11) is 1.21. The van der Waals surface area contributed by atoms with Crippen LogP contribution in [0.15, 0.2) is 18.2 Å². The molecule has 0 saturated heterocycles. The second kappa shape index (κ2) is 6.52. The number of hydrogen-bond acceptors (Lipinski definition) is 4. The van der Waals surface area contributed by atoms with E-state index in [2.05, 4.69) is 16.6 Å². The summed E-state index contributed by atoms with van der Waals surface area (Å²) in [5, 5.41) is 8.90. The number of benzene rings is 1. The lowest BCUT2D eigenvalue weighted by molar-refractivity contribution is -0.139. The monoisotopic (exact) mass is 268 g/mol. The fraction of sp³-hybridized carbons (Fsp3) is 0.167. The Hall–Kier alpha value is -2.19. The molecular weight excluding hydrogens is 260 g/mol. The van der Waals surface area contributed by atoms with Crippen LogP contribution in [0.25, 0.3) is 0 Å². The van der Waals surface area contributed by atoms with Crippen LogP contribution in [0.2, 0.25) is 5.02 Å². The number of carboxylic acid groups (broad SMARTS) is 1. The number of carbonyl (C=O) groups is 2. The molecule has 0 aliphatic rings. The number of halogens is 1. The molecule has 0 aliphatic carbocycles. The Morgan fingerprint density at radius 1 is 1.44 bits per heavy atom. The van der Waals surface area contributed by atoms with Crippen LogP contribution in [0.3, 0.4) is 0 Å². The number of hydrogen-bond donors (Lipinski definition) is 1. The van der Waals surface area contributed by atoms with Crippen molar-refractivity contribution < 1.29 is 24.2 Å². The zero-order valence-corrected chi connectivity index (χ0v) is 10.2. The molecular formula is C12H9ClO5. The highest BCUT2D eigenvalue weighted by Gasteiger charge is 2.05. The molecule has 18 heavy (non-hydrogen) atoms. The van der Waals surface area contributed by atoms with Crippen LogP contribution < -0.4 is 4.74 Å². The van der Waals surface area contributed by atoms with E-state index >= 15 is 0 Å². The van der Waals surface area contributed by atoms with E-state index in [1.165, 1.54) is 19.2 Å². The normalized spacial score (nSPS) is 9.00. The lowest BCUT2D eigenvalue weighted by Gasteiger charge is -2.05. The predicted molar refractivity (Wildman–Crippen MR) is 63.5 cm³/mol. The van der Waals surface area contributed by atoms with Gasteiger partial charge in [0.25, 0.3) is 0 Å². The fourth-order valence-corrected chi connectivity index (χ4v) is 1.19. The van der Waals surface area contributed by atoms with Gasteiger partial charge in [-0.2, -0.15) is 0 Å². The average Bonchev–Trinajstić information content (AvgIpc) is 2.34. The number of carbonyl (C=O) groups excluding carboxylic acids is 1. The first-order valence-electron chi connectivity index (χ1n) is 4.77. The average molecular weight is 269 g/mol. The molecule has 0 bridgehead atoms. The molecule has 0 saturated carbocycles. The number of carboxylic acids is 1. The molecule has 0 aliphatic heterocycles. The first-order chi connectivity index (χ1) is 8.52. The highest BCUT2D eigenvalue weighted by Crippen LogP contribution is 2.22. The Morgan fingerprint density at radius 2 is 2.17 bits per heavy atom. The van der Waals surface area contributed by atoms with Crippen LogP contribution in [-0.4, -0.2) is 30.8 Å². The van der Waals surface area contributed by atoms with Crippen molar-refractivity contribution in [1.29, 1.82) is 0 Å². The van der Waals surface area contributed by atoms with Gasteiger partial charge in [0.1, 0.15) is 5.75 Å². The summed E-state index contributed by atoms with van der Waals surface area (Å²) in [6.07, 6.45) is 0. The van der Waals surface area contributed by atoms with Gasteiger partial charge in [-0.1, -0.05) is 17.5 Å². The molecule has 0 atom stereocenters. The lowest BCUT2D eigenvalue weighted by Crippen LogP contribution is -2.10. The van der Waals surface area contributed by atoms with Crippen molar-refractivity contribution in [3.05, 3.63) is 28.8 Å². The summed E-state index contributed by atoms with van der Waals surface area (Å²) in [5.74, 6) is 3.10. The zero-order chi connectivity index (χ0) is 13.5. The van der Waals surface area contributed by atoms with Gasteiger partial charge in [-0.25, -0.2) is 9.59 Å². The van der Waals surface area contributed by atoms with E-state index in [0.29, 0.717) is 10.6 Å².